The summed E-state index contributed by atoms with van der Waals surface area (Å²) in [6, 6.07) is 0. The van der Waals surface area contributed by atoms with Gasteiger partial charge in [-0.15, -0.1) is 0 Å². The number of carboxylic acid groups (broad SMARTS) is 1. The van der Waals surface area contributed by atoms with Gasteiger partial charge in [0, 0.05) is 13.1 Å². The number of carbonyl (C=O) groups excluding carboxylic acids is 1. The summed E-state index contributed by atoms with van der Waals surface area (Å²) in [5, 5.41) is 8.85. The van der Waals surface area contributed by atoms with E-state index in [2.05, 4.69) is 0 Å². The first kappa shape index (κ1) is 13.8. The molecule has 0 bridgehead atoms. The second-order valence-corrected chi connectivity index (χ2v) is 4.37. The van der Waals surface area contributed by atoms with E-state index in [1.165, 1.54) is 4.90 Å². The minimum Gasteiger partial charge on any atom is -0.466 e. The number of piperidine rings is 1. The topological polar surface area (TPSA) is 66.8 Å². The number of carbonyl (C=O) groups is 2. The molecule has 98 valence electrons. The molecule has 0 aromatic carbocycles. The van der Waals surface area contributed by atoms with Gasteiger partial charge in [-0.1, -0.05) is 6.92 Å². The maximum absolute atomic E-state index is 11.7. The number of esters is 1. The highest BCUT2D eigenvalue weighted by atomic mass is 16.5. The van der Waals surface area contributed by atoms with Gasteiger partial charge in [0.05, 0.1) is 12.5 Å². The molecule has 5 heteroatoms. The van der Waals surface area contributed by atoms with E-state index in [9.17, 15) is 9.59 Å². The van der Waals surface area contributed by atoms with Crippen molar-refractivity contribution < 1.29 is 19.4 Å². The van der Waals surface area contributed by atoms with Crippen molar-refractivity contribution in [2.75, 3.05) is 19.7 Å². The Kier molecular flexibility index (Phi) is 5.25. The molecule has 17 heavy (non-hydrogen) atoms. The Morgan fingerprint density at radius 3 is 2.35 bits per heavy atom. The van der Waals surface area contributed by atoms with Crippen LogP contribution < -0.4 is 0 Å². The summed E-state index contributed by atoms with van der Waals surface area (Å²) in [5.74, 6) is 0.0457. The quantitative estimate of drug-likeness (QED) is 0.766. The number of likely N-dealkylation sites (tertiary alicyclic amines) is 1. The lowest BCUT2D eigenvalue weighted by atomic mass is 9.83. The van der Waals surface area contributed by atoms with Crippen molar-refractivity contribution in [3.8, 4) is 0 Å². The molecule has 1 unspecified atom stereocenters. The lowest BCUT2D eigenvalue weighted by Gasteiger charge is -2.33. The molecule has 1 aliphatic rings. The molecule has 1 heterocycles. The van der Waals surface area contributed by atoms with Crippen LogP contribution in [-0.2, 0) is 9.53 Å². The van der Waals surface area contributed by atoms with E-state index in [-0.39, 0.29) is 17.8 Å². The molecule has 0 spiro atoms. The molecule has 0 saturated carbocycles. The van der Waals surface area contributed by atoms with Crippen LogP contribution in [0.15, 0.2) is 0 Å². The third kappa shape index (κ3) is 3.61. The summed E-state index contributed by atoms with van der Waals surface area (Å²) in [4.78, 5) is 23.9. The summed E-state index contributed by atoms with van der Waals surface area (Å²) in [7, 11) is 0. The average molecular weight is 243 g/mol. The highest BCUT2D eigenvalue weighted by Crippen LogP contribution is 2.28. The van der Waals surface area contributed by atoms with Gasteiger partial charge < -0.3 is 14.7 Å². The van der Waals surface area contributed by atoms with E-state index in [1.54, 1.807) is 6.92 Å². The van der Waals surface area contributed by atoms with Gasteiger partial charge in [-0.25, -0.2) is 4.79 Å². The van der Waals surface area contributed by atoms with E-state index in [1.807, 2.05) is 6.92 Å². The van der Waals surface area contributed by atoms with Gasteiger partial charge in [0.1, 0.15) is 0 Å². The van der Waals surface area contributed by atoms with Crippen LogP contribution in [0.2, 0.25) is 0 Å². The molecule has 1 saturated heterocycles. The molecule has 0 radical (unpaired) electrons. The van der Waals surface area contributed by atoms with Crippen molar-refractivity contribution in [3.05, 3.63) is 0 Å². The third-order valence-corrected chi connectivity index (χ3v) is 3.41. The Hall–Kier alpha value is -1.26. The van der Waals surface area contributed by atoms with Gasteiger partial charge in [-0.2, -0.15) is 0 Å². The summed E-state index contributed by atoms with van der Waals surface area (Å²) in [6.07, 6.45) is 1.40. The summed E-state index contributed by atoms with van der Waals surface area (Å²) in [6.45, 7) is 5.23. The van der Waals surface area contributed by atoms with Crippen LogP contribution in [0.3, 0.4) is 0 Å². The zero-order chi connectivity index (χ0) is 12.8. The van der Waals surface area contributed by atoms with Gasteiger partial charge in [0.25, 0.3) is 0 Å². The molecule has 0 aliphatic carbocycles. The highest BCUT2D eigenvalue weighted by molar-refractivity contribution is 5.72. The third-order valence-electron chi connectivity index (χ3n) is 3.41. The standard InChI is InChI=1S/C12H21NO4/c1-3-10(11(14)17-4-2)9-5-7-13(8-6-9)12(15)16/h9-10H,3-8H2,1-2H3,(H,15,16). The van der Waals surface area contributed by atoms with Crippen LogP contribution in [0.25, 0.3) is 0 Å². The van der Waals surface area contributed by atoms with Crippen molar-refractivity contribution >= 4 is 12.1 Å². The number of ether oxygens (including phenoxy) is 1. The molecule has 1 fully saturated rings. The van der Waals surface area contributed by atoms with E-state index in [0.717, 1.165) is 19.3 Å². The number of nitrogens with zero attached hydrogens (tertiary/aromatic N) is 1. The molecule has 1 amide bonds. The van der Waals surface area contributed by atoms with Crippen LogP contribution in [0.5, 0.6) is 0 Å². The van der Waals surface area contributed by atoms with Crippen LogP contribution in [0.1, 0.15) is 33.1 Å². The Balaban J connectivity index is 2.50. The predicted molar refractivity (Wildman–Crippen MR) is 62.7 cm³/mol. The highest BCUT2D eigenvalue weighted by Gasteiger charge is 2.32. The maximum atomic E-state index is 11.7. The SMILES string of the molecule is CCOC(=O)C(CC)C1CCN(C(=O)O)CC1. The fraction of sp³-hybridized carbons (Fsp3) is 0.833. The number of rotatable bonds is 4. The monoisotopic (exact) mass is 243 g/mol. The van der Waals surface area contributed by atoms with E-state index >= 15 is 0 Å². The van der Waals surface area contributed by atoms with E-state index in [4.69, 9.17) is 9.84 Å². The van der Waals surface area contributed by atoms with Gasteiger partial charge in [0.15, 0.2) is 0 Å². The van der Waals surface area contributed by atoms with Gasteiger partial charge >= 0.3 is 12.1 Å². The molecule has 1 aliphatic heterocycles. The first-order chi connectivity index (χ1) is 8.10. The second kappa shape index (κ2) is 6.47. The fourth-order valence-electron chi connectivity index (χ4n) is 2.43. The zero-order valence-electron chi connectivity index (χ0n) is 10.5. The first-order valence-electron chi connectivity index (χ1n) is 6.24. The van der Waals surface area contributed by atoms with Gasteiger partial charge in [0.2, 0.25) is 0 Å². The number of amides is 1. The molecule has 0 aromatic heterocycles. The van der Waals surface area contributed by atoms with Crippen molar-refractivity contribution in [3.63, 3.8) is 0 Å². The Bertz CT molecular complexity index is 272. The largest absolute Gasteiger partial charge is 0.466 e. The van der Waals surface area contributed by atoms with Crippen molar-refractivity contribution in [2.24, 2.45) is 11.8 Å². The maximum Gasteiger partial charge on any atom is 0.407 e. The van der Waals surface area contributed by atoms with Gasteiger partial charge in [-0.3, -0.25) is 4.79 Å². The Morgan fingerprint density at radius 2 is 1.94 bits per heavy atom. The minimum atomic E-state index is -0.868. The molecule has 1 atom stereocenters. The lowest BCUT2D eigenvalue weighted by molar-refractivity contribution is -0.150. The fourth-order valence-corrected chi connectivity index (χ4v) is 2.43. The van der Waals surface area contributed by atoms with E-state index < -0.39 is 6.09 Å². The molecular formula is C12H21NO4. The van der Waals surface area contributed by atoms with Crippen molar-refractivity contribution in [1.82, 2.24) is 4.90 Å². The molecule has 0 aromatic rings. The first-order valence-corrected chi connectivity index (χ1v) is 6.24. The molecule has 5 nitrogen and oxygen atoms in total. The summed E-state index contributed by atoms with van der Waals surface area (Å²) in [5.41, 5.74) is 0. The average Bonchev–Trinajstić information content (AvgIpc) is 2.31. The summed E-state index contributed by atoms with van der Waals surface area (Å²) < 4.78 is 5.05. The number of hydrogen-bond acceptors (Lipinski definition) is 3. The van der Waals surface area contributed by atoms with Crippen LogP contribution in [0.4, 0.5) is 4.79 Å². The zero-order valence-corrected chi connectivity index (χ0v) is 10.5. The predicted octanol–water partition coefficient (Wildman–Crippen LogP) is 1.97. The second-order valence-electron chi connectivity index (χ2n) is 4.37. The van der Waals surface area contributed by atoms with Gasteiger partial charge in [-0.05, 0) is 32.1 Å². The Labute approximate surface area is 102 Å². The van der Waals surface area contributed by atoms with Crippen molar-refractivity contribution in [2.45, 2.75) is 33.1 Å². The summed E-state index contributed by atoms with van der Waals surface area (Å²) >= 11 is 0. The lowest BCUT2D eigenvalue weighted by Crippen LogP contribution is -2.40. The normalized spacial score (nSPS) is 18.8. The smallest absolute Gasteiger partial charge is 0.407 e. The number of hydrogen-bond donors (Lipinski definition) is 1. The molecular weight excluding hydrogens is 222 g/mol. The van der Waals surface area contributed by atoms with Crippen molar-refractivity contribution in [1.29, 1.82) is 0 Å². The van der Waals surface area contributed by atoms with Crippen LogP contribution in [0, 0.1) is 11.8 Å². The van der Waals surface area contributed by atoms with E-state index in [0.29, 0.717) is 19.7 Å². The van der Waals surface area contributed by atoms with Crippen LogP contribution in [-0.4, -0.2) is 41.8 Å². The molecule has 1 N–H and O–H groups in total. The minimum absolute atomic E-state index is 0.0779. The molecule has 1 rings (SSSR count). The van der Waals surface area contributed by atoms with Crippen LogP contribution >= 0.6 is 0 Å². The Morgan fingerprint density at radius 1 is 1.35 bits per heavy atom.